The lowest BCUT2D eigenvalue weighted by molar-refractivity contribution is -0.140. The van der Waals surface area contributed by atoms with Crippen LogP contribution in [-0.4, -0.2) is 31.8 Å². The molecule has 0 saturated heterocycles. The minimum Gasteiger partial charge on any atom is -0.497 e. The molecule has 116 valence electrons. The van der Waals surface area contributed by atoms with Crippen molar-refractivity contribution in [2.75, 3.05) is 26.1 Å². The number of rotatable bonds is 8. The number of ether oxygens (including phenoxy) is 2. The van der Waals surface area contributed by atoms with Crippen LogP contribution in [0.15, 0.2) is 24.3 Å². The van der Waals surface area contributed by atoms with Gasteiger partial charge in [-0.05, 0) is 37.2 Å². The number of hydrogen-bond donors (Lipinski definition) is 2. The molecule has 0 atom stereocenters. The Balaban J connectivity index is 2.15. The van der Waals surface area contributed by atoms with Gasteiger partial charge in [-0.1, -0.05) is 12.5 Å². The molecular weight excluding hydrogens is 288 g/mol. The zero-order chi connectivity index (χ0) is 15.5. The summed E-state index contributed by atoms with van der Waals surface area (Å²) in [5.41, 5.74) is 0.887. The molecule has 0 radical (unpaired) electrons. The van der Waals surface area contributed by atoms with Crippen LogP contribution < -0.4 is 15.4 Å². The summed E-state index contributed by atoms with van der Waals surface area (Å²) in [4.78, 5) is 10.9. The van der Waals surface area contributed by atoms with Crippen LogP contribution in [0, 0.1) is 0 Å². The monoisotopic (exact) mass is 310 g/mol. The Labute approximate surface area is 131 Å². The highest BCUT2D eigenvalue weighted by atomic mass is 32.1. The third kappa shape index (κ3) is 7.51. The van der Waals surface area contributed by atoms with Crippen LogP contribution in [-0.2, 0) is 9.53 Å². The Morgan fingerprint density at radius 2 is 2.05 bits per heavy atom. The number of anilines is 1. The molecule has 0 saturated carbocycles. The molecule has 5 nitrogen and oxygen atoms in total. The summed E-state index contributed by atoms with van der Waals surface area (Å²) >= 11 is 5.22. The summed E-state index contributed by atoms with van der Waals surface area (Å²) in [7, 11) is 3.04. The molecule has 0 aliphatic carbocycles. The van der Waals surface area contributed by atoms with Gasteiger partial charge in [-0.25, -0.2) is 0 Å². The van der Waals surface area contributed by atoms with Crippen LogP contribution in [0.2, 0.25) is 0 Å². The standard InChI is InChI=1S/C15H22N2O3S/c1-19-13-8-6-7-12(11-13)17-15(21)16-10-5-3-4-9-14(18)20-2/h6-8,11H,3-5,9-10H2,1-2H3,(H2,16,17,21). The van der Waals surface area contributed by atoms with Crippen LogP contribution in [0.3, 0.4) is 0 Å². The second-order valence-corrected chi connectivity index (χ2v) is 4.91. The summed E-state index contributed by atoms with van der Waals surface area (Å²) in [6.45, 7) is 0.775. The van der Waals surface area contributed by atoms with E-state index in [1.54, 1.807) is 7.11 Å². The molecule has 1 aromatic rings. The predicted molar refractivity (Wildman–Crippen MR) is 87.7 cm³/mol. The first-order valence-corrected chi connectivity index (χ1v) is 7.32. The molecule has 1 aromatic carbocycles. The van der Waals surface area contributed by atoms with Crippen molar-refractivity contribution in [1.29, 1.82) is 0 Å². The predicted octanol–water partition coefficient (Wildman–Crippen LogP) is 2.72. The largest absolute Gasteiger partial charge is 0.497 e. The second-order valence-electron chi connectivity index (χ2n) is 4.50. The van der Waals surface area contributed by atoms with E-state index in [4.69, 9.17) is 17.0 Å². The Kier molecular flexibility index (Phi) is 8.19. The van der Waals surface area contributed by atoms with E-state index in [0.29, 0.717) is 11.5 Å². The number of esters is 1. The van der Waals surface area contributed by atoms with Crippen molar-refractivity contribution < 1.29 is 14.3 Å². The van der Waals surface area contributed by atoms with E-state index >= 15 is 0 Å². The number of carbonyl (C=O) groups is 1. The van der Waals surface area contributed by atoms with Crippen LogP contribution in [0.25, 0.3) is 0 Å². The summed E-state index contributed by atoms with van der Waals surface area (Å²) in [5.74, 6) is 0.629. The van der Waals surface area contributed by atoms with Crippen LogP contribution in [0.1, 0.15) is 25.7 Å². The molecule has 0 spiro atoms. The number of benzene rings is 1. The Morgan fingerprint density at radius 1 is 1.24 bits per heavy atom. The molecule has 21 heavy (non-hydrogen) atoms. The van der Waals surface area contributed by atoms with Gasteiger partial charge in [0.05, 0.1) is 14.2 Å². The summed E-state index contributed by atoms with van der Waals surface area (Å²) in [6.07, 6.45) is 3.23. The molecule has 2 N–H and O–H groups in total. The molecule has 0 unspecified atom stereocenters. The third-order valence-electron chi connectivity index (χ3n) is 2.90. The minimum atomic E-state index is -0.154. The SMILES string of the molecule is COC(=O)CCCCCNC(=S)Nc1cccc(OC)c1. The maximum atomic E-state index is 10.9. The molecule has 0 fully saturated rings. The van der Waals surface area contributed by atoms with Crippen LogP contribution in [0.5, 0.6) is 5.75 Å². The highest BCUT2D eigenvalue weighted by Gasteiger charge is 2.01. The van der Waals surface area contributed by atoms with E-state index in [1.807, 2.05) is 24.3 Å². The average molecular weight is 310 g/mol. The van der Waals surface area contributed by atoms with Gasteiger partial charge in [0.15, 0.2) is 5.11 Å². The van der Waals surface area contributed by atoms with Gasteiger partial charge in [-0.15, -0.1) is 0 Å². The van der Waals surface area contributed by atoms with Gasteiger partial charge < -0.3 is 20.1 Å². The van der Waals surface area contributed by atoms with E-state index < -0.39 is 0 Å². The summed E-state index contributed by atoms with van der Waals surface area (Å²) < 4.78 is 9.73. The lowest BCUT2D eigenvalue weighted by Gasteiger charge is -2.11. The average Bonchev–Trinajstić information content (AvgIpc) is 2.50. The number of thiocarbonyl (C=S) groups is 1. The quantitative estimate of drug-likeness (QED) is 0.437. The van der Waals surface area contributed by atoms with Gasteiger partial charge in [0.1, 0.15) is 5.75 Å². The van der Waals surface area contributed by atoms with Crippen LogP contribution in [0.4, 0.5) is 5.69 Å². The zero-order valence-electron chi connectivity index (χ0n) is 12.5. The molecule has 0 bridgehead atoms. The lowest BCUT2D eigenvalue weighted by Crippen LogP contribution is -2.29. The smallest absolute Gasteiger partial charge is 0.305 e. The molecule has 0 aliphatic rings. The third-order valence-corrected chi connectivity index (χ3v) is 3.14. The van der Waals surface area contributed by atoms with Crippen molar-refractivity contribution in [2.24, 2.45) is 0 Å². The number of unbranched alkanes of at least 4 members (excludes halogenated alkanes) is 2. The Morgan fingerprint density at radius 3 is 2.76 bits per heavy atom. The fourth-order valence-electron chi connectivity index (χ4n) is 1.75. The number of carbonyl (C=O) groups excluding carboxylic acids is 1. The fraction of sp³-hybridized carbons (Fsp3) is 0.467. The second kappa shape index (κ2) is 9.99. The first-order valence-electron chi connectivity index (χ1n) is 6.91. The summed E-state index contributed by atoms with van der Waals surface area (Å²) in [5, 5.41) is 6.81. The first-order chi connectivity index (χ1) is 10.2. The van der Waals surface area contributed by atoms with E-state index in [1.165, 1.54) is 7.11 Å². The van der Waals surface area contributed by atoms with E-state index in [-0.39, 0.29) is 5.97 Å². The molecule has 0 aliphatic heterocycles. The van der Waals surface area contributed by atoms with Gasteiger partial charge in [-0.2, -0.15) is 0 Å². The molecular formula is C15H22N2O3S. The van der Waals surface area contributed by atoms with Gasteiger partial charge in [0, 0.05) is 24.7 Å². The normalized spacial score (nSPS) is 9.81. The Bertz CT molecular complexity index is 466. The lowest BCUT2D eigenvalue weighted by atomic mass is 10.2. The fourth-order valence-corrected chi connectivity index (χ4v) is 1.97. The molecule has 1 rings (SSSR count). The van der Waals surface area contributed by atoms with E-state index in [0.717, 1.165) is 37.2 Å². The topological polar surface area (TPSA) is 59.6 Å². The maximum absolute atomic E-state index is 10.9. The molecule has 0 heterocycles. The molecule has 0 amide bonds. The van der Waals surface area contributed by atoms with E-state index in [2.05, 4.69) is 15.4 Å². The Hall–Kier alpha value is -1.82. The summed E-state index contributed by atoms with van der Waals surface area (Å²) in [6, 6.07) is 7.58. The van der Waals surface area contributed by atoms with Crippen molar-refractivity contribution in [1.82, 2.24) is 5.32 Å². The van der Waals surface area contributed by atoms with Gasteiger partial charge >= 0.3 is 5.97 Å². The highest BCUT2D eigenvalue weighted by Crippen LogP contribution is 2.16. The minimum absolute atomic E-state index is 0.154. The number of hydrogen-bond acceptors (Lipinski definition) is 4. The van der Waals surface area contributed by atoms with Crippen molar-refractivity contribution in [3.63, 3.8) is 0 Å². The number of methoxy groups -OCH3 is 2. The van der Waals surface area contributed by atoms with Crippen molar-refractivity contribution in [3.05, 3.63) is 24.3 Å². The maximum Gasteiger partial charge on any atom is 0.305 e. The number of nitrogens with one attached hydrogen (secondary N) is 2. The molecule has 0 aromatic heterocycles. The van der Waals surface area contributed by atoms with Gasteiger partial charge in [-0.3, -0.25) is 4.79 Å². The van der Waals surface area contributed by atoms with Gasteiger partial charge in [0.2, 0.25) is 0 Å². The van der Waals surface area contributed by atoms with E-state index in [9.17, 15) is 4.79 Å². The zero-order valence-corrected chi connectivity index (χ0v) is 13.3. The molecule has 6 heteroatoms. The highest BCUT2D eigenvalue weighted by molar-refractivity contribution is 7.80. The first kappa shape index (κ1) is 17.2. The van der Waals surface area contributed by atoms with Crippen molar-refractivity contribution >= 4 is 29.0 Å². The van der Waals surface area contributed by atoms with Crippen LogP contribution >= 0.6 is 12.2 Å². The van der Waals surface area contributed by atoms with Gasteiger partial charge in [0.25, 0.3) is 0 Å². The van der Waals surface area contributed by atoms with Crippen molar-refractivity contribution in [2.45, 2.75) is 25.7 Å². The van der Waals surface area contributed by atoms with Crippen molar-refractivity contribution in [3.8, 4) is 5.75 Å².